The number of aromatic nitrogens is 5. The molecule has 9 heteroatoms. The number of benzene rings is 2. The molecule has 134 valence electrons. The minimum Gasteiger partial charge on any atom is -0.493 e. The van der Waals surface area contributed by atoms with E-state index in [1.807, 2.05) is 42.6 Å². The predicted molar refractivity (Wildman–Crippen MR) is 98.8 cm³/mol. The van der Waals surface area contributed by atoms with Crippen LogP contribution in [-0.2, 0) is 0 Å². The van der Waals surface area contributed by atoms with Gasteiger partial charge < -0.3 is 14.2 Å². The Hall–Kier alpha value is -3.46. The van der Waals surface area contributed by atoms with Crippen molar-refractivity contribution in [3.63, 3.8) is 0 Å². The molecule has 1 aliphatic rings. The lowest BCUT2D eigenvalue weighted by molar-refractivity contribution is 0.171. The molecular formula is C18H13N5O3S. The Morgan fingerprint density at radius 2 is 1.93 bits per heavy atom. The van der Waals surface area contributed by atoms with Crippen molar-refractivity contribution in [2.24, 2.45) is 0 Å². The van der Waals surface area contributed by atoms with Crippen molar-refractivity contribution in [2.75, 3.05) is 13.9 Å². The number of tetrazole rings is 1. The fourth-order valence-corrected chi connectivity index (χ4v) is 3.75. The molecule has 0 saturated carbocycles. The molecule has 0 radical (unpaired) electrons. The standard InChI is InChI=1S/C18H13N5O3S/c1-24-14-6-12(7-15-16(14)26-9-25-15)17-13(8-19-27-17)10-2-4-11(5-3-10)18-20-22-23-21-18/h2-8H,9H2,1H3,(H,20,21,22,23). The van der Waals surface area contributed by atoms with Gasteiger partial charge in [0.05, 0.1) is 12.0 Å². The van der Waals surface area contributed by atoms with Crippen LogP contribution in [0.3, 0.4) is 0 Å². The molecule has 2 aromatic heterocycles. The van der Waals surface area contributed by atoms with Gasteiger partial charge in [-0.05, 0) is 34.4 Å². The largest absolute Gasteiger partial charge is 0.493 e. The molecule has 0 saturated heterocycles. The lowest BCUT2D eigenvalue weighted by atomic mass is 10.0. The van der Waals surface area contributed by atoms with Gasteiger partial charge in [-0.25, -0.2) is 0 Å². The lowest BCUT2D eigenvalue weighted by Gasteiger charge is -2.09. The van der Waals surface area contributed by atoms with Gasteiger partial charge in [0.15, 0.2) is 11.5 Å². The molecule has 2 aromatic carbocycles. The number of nitrogens with one attached hydrogen (secondary N) is 1. The first-order valence-electron chi connectivity index (χ1n) is 8.10. The Morgan fingerprint density at radius 1 is 1.07 bits per heavy atom. The highest BCUT2D eigenvalue weighted by atomic mass is 32.1. The van der Waals surface area contributed by atoms with E-state index in [0.717, 1.165) is 27.1 Å². The second-order valence-electron chi connectivity index (χ2n) is 5.79. The number of hydrogen-bond donors (Lipinski definition) is 1. The van der Waals surface area contributed by atoms with Crippen LogP contribution in [0.5, 0.6) is 17.2 Å². The minimum absolute atomic E-state index is 0.197. The van der Waals surface area contributed by atoms with Gasteiger partial charge in [0.2, 0.25) is 18.4 Å². The molecule has 0 aliphatic carbocycles. The third-order valence-corrected chi connectivity index (χ3v) is 5.14. The molecule has 4 aromatic rings. The Morgan fingerprint density at radius 3 is 2.70 bits per heavy atom. The highest BCUT2D eigenvalue weighted by Crippen LogP contribution is 2.46. The summed E-state index contributed by atoms with van der Waals surface area (Å²) in [5.74, 6) is 2.52. The van der Waals surface area contributed by atoms with Crippen LogP contribution in [0.4, 0.5) is 0 Å². The number of rotatable bonds is 4. The summed E-state index contributed by atoms with van der Waals surface area (Å²) < 4.78 is 20.9. The summed E-state index contributed by atoms with van der Waals surface area (Å²) in [7, 11) is 1.62. The van der Waals surface area contributed by atoms with Gasteiger partial charge in [-0.15, -0.1) is 10.2 Å². The van der Waals surface area contributed by atoms with E-state index in [-0.39, 0.29) is 6.79 Å². The maximum absolute atomic E-state index is 5.54. The van der Waals surface area contributed by atoms with Crippen molar-refractivity contribution in [2.45, 2.75) is 0 Å². The van der Waals surface area contributed by atoms with E-state index >= 15 is 0 Å². The number of fused-ring (bicyclic) bond motifs is 1. The number of nitrogens with zero attached hydrogens (tertiary/aromatic N) is 4. The average Bonchev–Trinajstić information content (AvgIpc) is 3.48. The summed E-state index contributed by atoms with van der Waals surface area (Å²) in [5.41, 5.74) is 3.93. The zero-order chi connectivity index (χ0) is 18.2. The van der Waals surface area contributed by atoms with Gasteiger partial charge in [0.25, 0.3) is 0 Å². The second-order valence-corrected chi connectivity index (χ2v) is 6.60. The molecule has 3 heterocycles. The molecule has 5 rings (SSSR count). The fourth-order valence-electron chi connectivity index (χ4n) is 3.00. The number of hydrogen-bond acceptors (Lipinski definition) is 8. The minimum atomic E-state index is 0.197. The van der Waals surface area contributed by atoms with Crippen LogP contribution in [0.1, 0.15) is 0 Å². The van der Waals surface area contributed by atoms with Crippen molar-refractivity contribution >= 4 is 11.5 Å². The van der Waals surface area contributed by atoms with Gasteiger partial charge >= 0.3 is 0 Å². The van der Waals surface area contributed by atoms with Crippen LogP contribution >= 0.6 is 11.5 Å². The first-order valence-corrected chi connectivity index (χ1v) is 8.88. The quantitative estimate of drug-likeness (QED) is 0.581. The summed E-state index contributed by atoms with van der Waals surface area (Å²) in [4.78, 5) is 1.03. The van der Waals surface area contributed by atoms with Crippen molar-refractivity contribution in [3.05, 3.63) is 42.6 Å². The molecule has 8 nitrogen and oxygen atoms in total. The van der Waals surface area contributed by atoms with Crippen molar-refractivity contribution in [1.82, 2.24) is 25.0 Å². The monoisotopic (exact) mass is 379 g/mol. The van der Waals surface area contributed by atoms with Gasteiger partial charge in [-0.3, -0.25) is 0 Å². The summed E-state index contributed by atoms with van der Waals surface area (Å²) in [6, 6.07) is 11.9. The molecule has 0 atom stereocenters. The van der Waals surface area contributed by atoms with Crippen LogP contribution in [-0.4, -0.2) is 38.9 Å². The van der Waals surface area contributed by atoms with Gasteiger partial charge in [-0.1, -0.05) is 24.3 Å². The van der Waals surface area contributed by atoms with Gasteiger partial charge in [-0.2, -0.15) is 9.59 Å². The molecule has 0 unspecified atom stereocenters. The van der Waals surface area contributed by atoms with E-state index in [1.165, 1.54) is 11.5 Å². The predicted octanol–water partition coefficient (Wildman–Crippen LogP) is 3.39. The Balaban J connectivity index is 1.55. The number of methoxy groups -OCH3 is 1. The van der Waals surface area contributed by atoms with E-state index < -0.39 is 0 Å². The summed E-state index contributed by atoms with van der Waals surface area (Å²) in [6.45, 7) is 0.197. The number of H-pyrrole nitrogens is 1. The summed E-state index contributed by atoms with van der Waals surface area (Å²) in [6.07, 6.45) is 1.86. The first kappa shape index (κ1) is 15.8. The second kappa shape index (κ2) is 6.36. The number of ether oxygens (including phenoxy) is 3. The van der Waals surface area contributed by atoms with E-state index in [4.69, 9.17) is 14.2 Å². The molecular weight excluding hydrogens is 366 g/mol. The lowest BCUT2D eigenvalue weighted by Crippen LogP contribution is -1.93. The average molecular weight is 379 g/mol. The van der Waals surface area contributed by atoms with E-state index in [9.17, 15) is 0 Å². The van der Waals surface area contributed by atoms with Crippen LogP contribution in [0.25, 0.3) is 33.0 Å². The first-order chi connectivity index (χ1) is 13.3. The Labute approximate surface area is 157 Å². The maximum atomic E-state index is 5.54. The topological polar surface area (TPSA) is 95.0 Å². The smallest absolute Gasteiger partial charge is 0.231 e. The summed E-state index contributed by atoms with van der Waals surface area (Å²) in [5, 5.41) is 14.0. The SMILES string of the molecule is COc1cc(-c2sncc2-c2ccc(-c3nn[nH]n3)cc2)cc2c1OCO2. The molecule has 0 amide bonds. The van der Waals surface area contributed by atoms with Crippen molar-refractivity contribution in [3.8, 4) is 50.2 Å². The zero-order valence-corrected chi connectivity index (χ0v) is 15.0. The molecule has 1 aliphatic heterocycles. The van der Waals surface area contributed by atoms with E-state index in [2.05, 4.69) is 25.0 Å². The Bertz CT molecular complexity index is 1090. The number of aromatic amines is 1. The normalized spacial score (nSPS) is 12.3. The van der Waals surface area contributed by atoms with Gasteiger partial charge in [0.1, 0.15) is 0 Å². The Kier molecular flexibility index (Phi) is 3.72. The van der Waals surface area contributed by atoms with Crippen molar-refractivity contribution in [1.29, 1.82) is 0 Å². The van der Waals surface area contributed by atoms with E-state index in [1.54, 1.807) is 7.11 Å². The van der Waals surface area contributed by atoms with Crippen LogP contribution in [0.2, 0.25) is 0 Å². The molecule has 1 N–H and O–H groups in total. The highest BCUT2D eigenvalue weighted by Gasteiger charge is 2.22. The highest BCUT2D eigenvalue weighted by molar-refractivity contribution is 7.10. The van der Waals surface area contributed by atoms with E-state index in [0.29, 0.717) is 23.1 Å². The van der Waals surface area contributed by atoms with Crippen LogP contribution in [0, 0.1) is 0 Å². The summed E-state index contributed by atoms with van der Waals surface area (Å²) >= 11 is 1.42. The van der Waals surface area contributed by atoms with Crippen LogP contribution in [0.15, 0.2) is 42.6 Å². The maximum Gasteiger partial charge on any atom is 0.231 e. The third kappa shape index (κ3) is 2.68. The molecule has 0 spiro atoms. The zero-order valence-electron chi connectivity index (χ0n) is 14.2. The fraction of sp³-hybridized carbons (Fsp3) is 0.111. The molecule has 0 fully saturated rings. The van der Waals surface area contributed by atoms with Crippen molar-refractivity contribution < 1.29 is 14.2 Å². The van der Waals surface area contributed by atoms with Crippen LogP contribution < -0.4 is 14.2 Å². The van der Waals surface area contributed by atoms with Gasteiger partial charge in [0, 0.05) is 22.9 Å². The molecule has 27 heavy (non-hydrogen) atoms. The third-order valence-electron chi connectivity index (χ3n) is 4.29. The molecule has 0 bridgehead atoms.